The number of rotatable bonds is 5. The number of carbonyl (C=O) groups is 2. The van der Waals surface area contributed by atoms with Gasteiger partial charge in [-0.25, -0.2) is 9.59 Å². The first-order valence-corrected chi connectivity index (χ1v) is 9.76. The lowest BCUT2D eigenvalue weighted by molar-refractivity contribution is -0.152. The monoisotopic (exact) mass is 388 g/mol. The molecule has 0 fully saturated rings. The van der Waals surface area contributed by atoms with Crippen LogP contribution in [0.15, 0.2) is 46.8 Å². The van der Waals surface area contributed by atoms with Crippen LogP contribution in [0.4, 0.5) is 0 Å². The molecule has 1 unspecified atom stereocenters. The zero-order valence-electron chi connectivity index (χ0n) is 18.0. The van der Waals surface area contributed by atoms with Crippen molar-refractivity contribution >= 4 is 11.9 Å². The largest absolute Gasteiger partial charge is 0.458 e. The van der Waals surface area contributed by atoms with Gasteiger partial charge in [0.2, 0.25) is 0 Å². The van der Waals surface area contributed by atoms with Gasteiger partial charge in [-0.2, -0.15) is 0 Å². The van der Waals surface area contributed by atoms with Crippen LogP contribution in [0.25, 0.3) is 0 Å². The van der Waals surface area contributed by atoms with E-state index in [2.05, 4.69) is 20.8 Å². The van der Waals surface area contributed by atoms with Crippen molar-refractivity contribution in [1.29, 1.82) is 0 Å². The van der Waals surface area contributed by atoms with Crippen LogP contribution >= 0.6 is 0 Å². The molecule has 0 radical (unpaired) electrons. The first-order valence-electron chi connectivity index (χ1n) is 9.76. The third-order valence-electron chi connectivity index (χ3n) is 4.87. The first kappa shape index (κ1) is 22.0. The standard InChI is InChI=1S/C23H32O5/c1-15-9-8-12-23(6,7)18(15)11-10-17(21(25)28-22(3,4)5)14-26-19-13-16(2)20(24)27-19/h10-11,13-14,19H,8-9,12H2,1-7H3/b11-10+,17-14+. The van der Waals surface area contributed by atoms with Gasteiger partial charge in [-0.3, -0.25) is 0 Å². The van der Waals surface area contributed by atoms with Crippen molar-refractivity contribution in [2.75, 3.05) is 0 Å². The number of esters is 2. The highest BCUT2D eigenvalue weighted by Gasteiger charge is 2.27. The van der Waals surface area contributed by atoms with E-state index in [-0.39, 0.29) is 11.0 Å². The van der Waals surface area contributed by atoms with Crippen LogP contribution in [0.2, 0.25) is 0 Å². The minimum atomic E-state index is -0.828. The van der Waals surface area contributed by atoms with Crippen LogP contribution in [0.1, 0.15) is 67.7 Å². The molecule has 0 saturated heterocycles. The Balaban J connectivity index is 2.26. The third kappa shape index (κ3) is 5.85. The van der Waals surface area contributed by atoms with Gasteiger partial charge in [-0.05, 0) is 70.9 Å². The van der Waals surface area contributed by atoms with Crippen LogP contribution in [0, 0.1) is 5.41 Å². The van der Waals surface area contributed by atoms with Crippen molar-refractivity contribution < 1.29 is 23.8 Å². The molecule has 28 heavy (non-hydrogen) atoms. The highest BCUT2D eigenvalue weighted by atomic mass is 16.7. The number of ether oxygens (including phenoxy) is 3. The van der Waals surface area contributed by atoms with Gasteiger partial charge in [0.15, 0.2) is 0 Å². The lowest BCUT2D eigenvalue weighted by Crippen LogP contribution is -2.25. The molecule has 0 N–H and O–H groups in total. The summed E-state index contributed by atoms with van der Waals surface area (Å²) in [5.41, 5.74) is 2.75. The van der Waals surface area contributed by atoms with Crippen molar-refractivity contribution in [3.05, 3.63) is 46.8 Å². The fraction of sp³-hybridized carbons (Fsp3) is 0.565. The molecule has 2 rings (SSSR count). The Morgan fingerprint density at radius 1 is 1.29 bits per heavy atom. The Labute approximate surface area is 168 Å². The maximum atomic E-state index is 12.6. The van der Waals surface area contributed by atoms with E-state index in [0.29, 0.717) is 5.57 Å². The van der Waals surface area contributed by atoms with Crippen molar-refractivity contribution in [1.82, 2.24) is 0 Å². The summed E-state index contributed by atoms with van der Waals surface area (Å²) in [6.07, 6.45) is 9.11. The second-order valence-corrected chi connectivity index (χ2v) is 9.10. The fourth-order valence-corrected chi connectivity index (χ4v) is 3.39. The van der Waals surface area contributed by atoms with E-state index in [1.54, 1.807) is 19.1 Å². The third-order valence-corrected chi connectivity index (χ3v) is 4.87. The van der Waals surface area contributed by atoms with Gasteiger partial charge in [-0.1, -0.05) is 25.5 Å². The Bertz CT molecular complexity index is 756. The van der Waals surface area contributed by atoms with Gasteiger partial charge in [-0.15, -0.1) is 0 Å². The molecule has 0 aromatic rings. The van der Waals surface area contributed by atoms with Crippen molar-refractivity contribution in [2.24, 2.45) is 5.41 Å². The molecule has 0 aromatic carbocycles. The maximum absolute atomic E-state index is 12.6. The van der Waals surface area contributed by atoms with Gasteiger partial charge in [0.05, 0.1) is 5.57 Å². The first-order chi connectivity index (χ1) is 12.9. The van der Waals surface area contributed by atoms with E-state index in [4.69, 9.17) is 14.2 Å². The highest BCUT2D eigenvalue weighted by Crippen LogP contribution is 2.40. The number of hydrogen-bond donors (Lipinski definition) is 0. The second kappa shape index (κ2) is 8.38. The summed E-state index contributed by atoms with van der Waals surface area (Å²) >= 11 is 0. The number of cyclic esters (lactones) is 1. The number of allylic oxidation sites excluding steroid dienone is 3. The topological polar surface area (TPSA) is 61.8 Å². The summed E-state index contributed by atoms with van der Waals surface area (Å²) in [7, 11) is 0. The van der Waals surface area contributed by atoms with Gasteiger partial charge in [0.25, 0.3) is 6.29 Å². The van der Waals surface area contributed by atoms with E-state index in [0.717, 1.165) is 12.8 Å². The van der Waals surface area contributed by atoms with Crippen molar-refractivity contribution in [2.45, 2.75) is 79.6 Å². The van der Waals surface area contributed by atoms with E-state index in [9.17, 15) is 9.59 Å². The molecule has 0 aromatic heterocycles. The van der Waals surface area contributed by atoms with Crippen molar-refractivity contribution in [3.8, 4) is 0 Å². The summed E-state index contributed by atoms with van der Waals surface area (Å²) in [5, 5.41) is 0. The van der Waals surface area contributed by atoms with E-state index in [1.807, 2.05) is 26.8 Å². The Morgan fingerprint density at radius 2 is 1.96 bits per heavy atom. The predicted molar refractivity (Wildman–Crippen MR) is 108 cm³/mol. The van der Waals surface area contributed by atoms with Gasteiger partial charge >= 0.3 is 11.9 Å². The van der Waals surface area contributed by atoms with Gasteiger partial charge < -0.3 is 14.2 Å². The lowest BCUT2D eigenvalue weighted by Gasteiger charge is -2.33. The molecular weight excluding hydrogens is 356 g/mol. The number of hydrogen-bond acceptors (Lipinski definition) is 5. The molecule has 1 aliphatic carbocycles. The van der Waals surface area contributed by atoms with E-state index >= 15 is 0 Å². The summed E-state index contributed by atoms with van der Waals surface area (Å²) in [4.78, 5) is 24.1. The Morgan fingerprint density at radius 3 is 2.50 bits per heavy atom. The Kier molecular flexibility index (Phi) is 6.58. The summed E-state index contributed by atoms with van der Waals surface area (Å²) in [5.74, 6) is -0.905. The minimum absolute atomic E-state index is 0.0551. The molecule has 0 saturated carbocycles. The second-order valence-electron chi connectivity index (χ2n) is 9.10. The molecule has 154 valence electrons. The quantitative estimate of drug-likeness (QED) is 0.282. The minimum Gasteiger partial charge on any atom is -0.458 e. The van der Waals surface area contributed by atoms with E-state index in [1.165, 1.54) is 23.8 Å². The smallest absolute Gasteiger partial charge is 0.341 e. The van der Waals surface area contributed by atoms with Crippen LogP contribution in [-0.2, 0) is 23.8 Å². The molecule has 0 bridgehead atoms. The molecule has 1 atom stereocenters. The summed E-state index contributed by atoms with van der Waals surface area (Å²) in [6, 6.07) is 0. The van der Waals surface area contributed by atoms with Crippen LogP contribution in [-0.4, -0.2) is 23.8 Å². The van der Waals surface area contributed by atoms with Crippen LogP contribution in [0.5, 0.6) is 0 Å². The lowest BCUT2D eigenvalue weighted by atomic mass is 9.72. The van der Waals surface area contributed by atoms with Gasteiger partial charge in [0, 0.05) is 11.6 Å². The fourth-order valence-electron chi connectivity index (χ4n) is 3.39. The Hall–Kier alpha value is -2.30. The molecule has 2 aliphatic rings. The maximum Gasteiger partial charge on any atom is 0.341 e. The normalized spacial score (nSPS) is 23.0. The SMILES string of the molecule is CC1=CC(O/C=C(\C=C\C2=C(C)CCCC2(C)C)C(=O)OC(C)(C)C)OC1=O. The molecule has 1 heterocycles. The predicted octanol–water partition coefficient (Wildman–Crippen LogP) is 5.14. The molecule has 5 nitrogen and oxygen atoms in total. The molecule has 5 heteroatoms. The zero-order chi connectivity index (χ0) is 21.1. The highest BCUT2D eigenvalue weighted by molar-refractivity contribution is 5.92. The molecule has 0 amide bonds. The zero-order valence-corrected chi connectivity index (χ0v) is 18.0. The molecule has 0 spiro atoms. The van der Waals surface area contributed by atoms with Crippen LogP contribution in [0.3, 0.4) is 0 Å². The van der Waals surface area contributed by atoms with Gasteiger partial charge in [0.1, 0.15) is 11.9 Å². The average molecular weight is 389 g/mol. The summed E-state index contributed by atoms with van der Waals surface area (Å²) in [6.45, 7) is 13.7. The average Bonchev–Trinajstić information content (AvgIpc) is 2.85. The molecule has 1 aliphatic heterocycles. The van der Waals surface area contributed by atoms with E-state index < -0.39 is 23.8 Å². The number of carbonyl (C=O) groups excluding carboxylic acids is 2. The van der Waals surface area contributed by atoms with Crippen LogP contribution < -0.4 is 0 Å². The van der Waals surface area contributed by atoms with Crippen molar-refractivity contribution in [3.63, 3.8) is 0 Å². The summed E-state index contributed by atoms with van der Waals surface area (Å²) < 4.78 is 16.1. The molecular formula is C23H32O5.